The van der Waals surface area contributed by atoms with Crippen LogP contribution in [0.5, 0.6) is 0 Å². The van der Waals surface area contributed by atoms with Crippen molar-refractivity contribution in [1.29, 1.82) is 5.26 Å². The molecule has 32 heavy (non-hydrogen) atoms. The molecule has 0 radical (unpaired) electrons. The Morgan fingerprint density at radius 3 is 1.97 bits per heavy atom. The van der Waals surface area contributed by atoms with Crippen molar-refractivity contribution >= 4 is 29.1 Å². The molecule has 3 aromatic carbocycles. The van der Waals surface area contributed by atoms with E-state index >= 15 is 0 Å². The van der Waals surface area contributed by atoms with Crippen molar-refractivity contribution in [2.75, 3.05) is 11.4 Å². The van der Waals surface area contributed by atoms with Gasteiger partial charge in [0.05, 0.1) is 28.6 Å². The molecule has 154 valence electrons. The van der Waals surface area contributed by atoms with Gasteiger partial charge in [0.15, 0.2) is 0 Å². The van der Waals surface area contributed by atoms with Gasteiger partial charge in [-0.1, -0.05) is 60.7 Å². The lowest BCUT2D eigenvalue weighted by molar-refractivity contribution is -0.122. The Labute approximate surface area is 183 Å². The Morgan fingerprint density at radius 1 is 0.781 bits per heavy atom. The largest absolute Gasteiger partial charge is 0.294 e. The third-order valence-corrected chi connectivity index (χ3v) is 5.53. The van der Waals surface area contributed by atoms with Crippen molar-refractivity contribution in [3.05, 3.63) is 101 Å². The van der Waals surface area contributed by atoms with E-state index in [1.54, 1.807) is 36.4 Å². The molecule has 7 heteroatoms. The lowest BCUT2D eigenvalue weighted by Gasteiger charge is -2.26. The molecule has 2 aliphatic heterocycles. The second-order valence-electron chi connectivity index (χ2n) is 7.34. The highest BCUT2D eigenvalue weighted by atomic mass is 16.2. The zero-order valence-electron chi connectivity index (χ0n) is 16.8. The Bertz CT molecular complexity index is 1310. The summed E-state index contributed by atoms with van der Waals surface area (Å²) in [6.07, 6.45) is -1.43. The lowest BCUT2D eigenvalue weighted by Crippen LogP contribution is -2.50. The topological polar surface area (TPSA) is 93.8 Å². The zero-order chi connectivity index (χ0) is 22.2. The molecule has 2 heterocycles. The van der Waals surface area contributed by atoms with Gasteiger partial charge in [0.25, 0.3) is 17.7 Å². The van der Waals surface area contributed by atoms with Gasteiger partial charge in [-0.15, -0.1) is 0 Å². The van der Waals surface area contributed by atoms with E-state index in [0.717, 1.165) is 10.5 Å². The molecule has 3 amide bonds. The van der Waals surface area contributed by atoms with Crippen LogP contribution in [0.4, 0.5) is 5.69 Å². The summed E-state index contributed by atoms with van der Waals surface area (Å²) in [5, 5.41) is 9.41. The monoisotopic (exact) mass is 420 g/mol. The number of benzodiazepines with no additional fused rings is 1. The smallest absolute Gasteiger partial charge is 0.273 e. The molecule has 5 rings (SSSR count). The van der Waals surface area contributed by atoms with Crippen LogP contribution in [0, 0.1) is 11.3 Å². The molecule has 0 bridgehead atoms. The van der Waals surface area contributed by atoms with Gasteiger partial charge in [0.2, 0.25) is 6.17 Å². The van der Waals surface area contributed by atoms with Crippen molar-refractivity contribution in [2.24, 2.45) is 4.99 Å². The normalized spacial score (nSPS) is 17.4. The number of aliphatic imine (C=N–C) groups is 1. The van der Waals surface area contributed by atoms with Crippen molar-refractivity contribution in [3.63, 3.8) is 0 Å². The predicted octanol–water partition coefficient (Wildman–Crippen LogP) is 3.02. The number of nitriles is 1. The first-order chi connectivity index (χ1) is 15.6. The van der Waals surface area contributed by atoms with Crippen LogP contribution in [0.15, 0.2) is 83.9 Å². The van der Waals surface area contributed by atoms with Gasteiger partial charge >= 0.3 is 0 Å². The zero-order valence-corrected chi connectivity index (χ0v) is 16.8. The fourth-order valence-corrected chi connectivity index (χ4v) is 4.07. The standard InChI is InChI=1S/C25H16N4O3/c26-14-15-28-20-13-7-6-12-19(20)21(16-8-2-1-3-9-16)27-22(25(28)32)29-23(30)17-10-4-5-11-18(17)24(29)31/h1-13,22H,15H2/t22-/m0/s1. The minimum absolute atomic E-state index is 0.232. The number of rotatable bonds is 3. The van der Waals surface area contributed by atoms with Gasteiger partial charge in [-0.25, -0.2) is 9.89 Å². The maximum Gasteiger partial charge on any atom is 0.273 e. The Morgan fingerprint density at radius 2 is 1.34 bits per heavy atom. The number of benzene rings is 3. The number of amides is 3. The van der Waals surface area contributed by atoms with Crippen LogP contribution in [0.25, 0.3) is 0 Å². The molecule has 0 unspecified atom stereocenters. The highest BCUT2D eigenvalue weighted by Gasteiger charge is 2.45. The number of carbonyl (C=O) groups is 3. The Kier molecular flexibility index (Phi) is 4.61. The van der Waals surface area contributed by atoms with Gasteiger partial charge in [-0.2, -0.15) is 5.26 Å². The van der Waals surface area contributed by atoms with Gasteiger partial charge in [0, 0.05) is 11.1 Å². The maximum atomic E-state index is 13.6. The number of hydrogen-bond donors (Lipinski definition) is 0. The molecule has 1 atom stereocenters. The second-order valence-corrected chi connectivity index (χ2v) is 7.34. The first kappa shape index (κ1) is 19.4. The van der Waals surface area contributed by atoms with Crippen molar-refractivity contribution in [3.8, 4) is 6.07 Å². The summed E-state index contributed by atoms with van der Waals surface area (Å²) in [5.74, 6) is -1.77. The molecule has 0 N–H and O–H groups in total. The van der Waals surface area contributed by atoms with Crippen LogP contribution in [-0.2, 0) is 4.79 Å². The van der Waals surface area contributed by atoms with Crippen LogP contribution in [0.3, 0.4) is 0 Å². The number of anilines is 1. The molecule has 0 saturated carbocycles. The van der Waals surface area contributed by atoms with E-state index in [2.05, 4.69) is 4.99 Å². The average Bonchev–Trinajstić information content (AvgIpc) is 3.01. The van der Waals surface area contributed by atoms with Gasteiger partial charge < -0.3 is 0 Å². The first-order valence-corrected chi connectivity index (χ1v) is 9.99. The highest BCUT2D eigenvalue weighted by Crippen LogP contribution is 2.32. The van der Waals surface area contributed by atoms with Gasteiger partial charge in [-0.3, -0.25) is 19.3 Å². The molecular weight excluding hydrogens is 404 g/mol. The molecule has 3 aromatic rings. The van der Waals surface area contributed by atoms with Crippen LogP contribution < -0.4 is 4.90 Å². The number of carbonyl (C=O) groups excluding carboxylic acids is 3. The summed E-state index contributed by atoms with van der Waals surface area (Å²) in [6, 6.07) is 24.8. The summed E-state index contributed by atoms with van der Waals surface area (Å²) in [5.41, 5.74) is 2.80. The van der Waals surface area contributed by atoms with Crippen LogP contribution in [0.2, 0.25) is 0 Å². The van der Waals surface area contributed by atoms with E-state index in [-0.39, 0.29) is 17.7 Å². The number of nitrogens with zero attached hydrogens (tertiary/aromatic N) is 4. The minimum Gasteiger partial charge on any atom is -0.294 e. The molecule has 0 aromatic heterocycles. The lowest BCUT2D eigenvalue weighted by atomic mass is 10.0. The average molecular weight is 420 g/mol. The van der Waals surface area contributed by atoms with Crippen LogP contribution >= 0.6 is 0 Å². The van der Waals surface area contributed by atoms with Crippen molar-refractivity contribution in [1.82, 2.24) is 4.90 Å². The number of para-hydroxylation sites is 1. The number of imide groups is 1. The Hall–Kier alpha value is -4.57. The SMILES string of the molecule is N#CCN1C(=O)[C@H](N2C(=O)c3ccccc3C2=O)N=C(c2ccccc2)c2ccccc21. The fraction of sp³-hybridized carbons (Fsp3) is 0.0800. The highest BCUT2D eigenvalue weighted by molar-refractivity contribution is 6.25. The van der Waals surface area contributed by atoms with E-state index < -0.39 is 23.9 Å². The van der Waals surface area contributed by atoms with Crippen LogP contribution in [0.1, 0.15) is 31.8 Å². The third-order valence-electron chi connectivity index (χ3n) is 5.53. The minimum atomic E-state index is -1.43. The first-order valence-electron chi connectivity index (χ1n) is 9.99. The summed E-state index contributed by atoms with van der Waals surface area (Å²) in [7, 11) is 0. The summed E-state index contributed by atoms with van der Waals surface area (Å²) in [4.78, 5) is 46.8. The summed E-state index contributed by atoms with van der Waals surface area (Å²) >= 11 is 0. The summed E-state index contributed by atoms with van der Waals surface area (Å²) in [6.45, 7) is -0.243. The second kappa shape index (κ2) is 7.60. The van der Waals surface area contributed by atoms with Gasteiger partial charge in [0.1, 0.15) is 6.54 Å². The van der Waals surface area contributed by atoms with Crippen LogP contribution in [-0.4, -0.2) is 41.0 Å². The van der Waals surface area contributed by atoms with Gasteiger partial charge in [-0.05, 0) is 18.2 Å². The van der Waals surface area contributed by atoms with E-state index in [1.165, 1.54) is 4.90 Å². The molecule has 0 saturated heterocycles. The molecule has 0 spiro atoms. The van der Waals surface area contributed by atoms with E-state index in [9.17, 15) is 19.6 Å². The summed E-state index contributed by atoms with van der Waals surface area (Å²) < 4.78 is 0. The van der Waals surface area contributed by atoms with Crippen molar-refractivity contribution < 1.29 is 14.4 Å². The van der Waals surface area contributed by atoms with E-state index in [4.69, 9.17) is 0 Å². The molecule has 2 aliphatic rings. The Balaban J connectivity index is 1.73. The quantitative estimate of drug-likeness (QED) is 0.481. The molecule has 7 nitrogen and oxygen atoms in total. The maximum absolute atomic E-state index is 13.6. The van der Waals surface area contributed by atoms with E-state index in [1.807, 2.05) is 48.5 Å². The van der Waals surface area contributed by atoms with Crippen molar-refractivity contribution in [2.45, 2.75) is 6.17 Å². The predicted molar refractivity (Wildman–Crippen MR) is 117 cm³/mol. The number of fused-ring (bicyclic) bond motifs is 2. The molecule has 0 fully saturated rings. The number of hydrogen-bond acceptors (Lipinski definition) is 5. The molecule has 0 aliphatic carbocycles. The fourth-order valence-electron chi connectivity index (χ4n) is 4.07. The molecular formula is C25H16N4O3. The third kappa shape index (κ3) is 2.89. The van der Waals surface area contributed by atoms with E-state index in [0.29, 0.717) is 17.0 Å².